The van der Waals surface area contributed by atoms with Crippen molar-refractivity contribution in [1.29, 1.82) is 0 Å². The van der Waals surface area contributed by atoms with Crippen molar-refractivity contribution in [2.45, 2.75) is 45.5 Å². The van der Waals surface area contributed by atoms with E-state index in [4.69, 9.17) is 5.73 Å². The Morgan fingerprint density at radius 2 is 1.97 bits per heavy atom. The summed E-state index contributed by atoms with van der Waals surface area (Å²) in [5.41, 5.74) is 6.42. The fourth-order valence-corrected chi connectivity index (χ4v) is 6.37. The number of benzene rings is 1. The van der Waals surface area contributed by atoms with Crippen LogP contribution in [0.15, 0.2) is 40.2 Å². The number of rotatable bonds is 4. The number of fused-ring (bicyclic) bond motifs is 1. The zero-order valence-electron chi connectivity index (χ0n) is 18.2. The second kappa shape index (κ2) is 9.06. The molecule has 1 aliphatic rings. The maximum absolute atomic E-state index is 13.5. The van der Waals surface area contributed by atoms with Gasteiger partial charge in [-0.05, 0) is 49.9 Å². The van der Waals surface area contributed by atoms with E-state index in [1.807, 2.05) is 6.92 Å². The summed E-state index contributed by atoms with van der Waals surface area (Å²) in [4.78, 5) is 18.1. The first-order valence-corrected chi connectivity index (χ1v) is 12.9. The van der Waals surface area contributed by atoms with Crippen molar-refractivity contribution in [1.82, 2.24) is 4.57 Å². The first kappa shape index (κ1) is 23.7. The molecule has 0 atom stereocenters. The van der Waals surface area contributed by atoms with Gasteiger partial charge in [0.2, 0.25) is 0 Å². The minimum atomic E-state index is -4.47. The number of nitrogens with zero attached hydrogens (tertiary/aromatic N) is 2. The van der Waals surface area contributed by atoms with Gasteiger partial charge in [-0.3, -0.25) is 14.0 Å². The van der Waals surface area contributed by atoms with Crippen molar-refractivity contribution < 1.29 is 17.4 Å². The maximum atomic E-state index is 13.5. The molecule has 176 valence electrons. The van der Waals surface area contributed by atoms with E-state index in [1.165, 1.54) is 28.9 Å². The van der Waals surface area contributed by atoms with E-state index in [0.717, 1.165) is 6.07 Å². The number of hydrogen-bond donors (Lipinski definition) is 1. The highest BCUT2D eigenvalue weighted by Crippen LogP contribution is 2.38. The van der Waals surface area contributed by atoms with Crippen LogP contribution < -0.4 is 11.3 Å². The molecule has 0 spiro atoms. The molecule has 10 heteroatoms. The summed E-state index contributed by atoms with van der Waals surface area (Å²) >= 11 is 1.26. The summed E-state index contributed by atoms with van der Waals surface area (Å²) in [5.74, 6) is 1.48. The van der Waals surface area contributed by atoms with Gasteiger partial charge in [-0.1, -0.05) is 12.1 Å². The van der Waals surface area contributed by atoms with E-state index in [0.29, 0.717) is 62.8 Å². The summed E-state index contributed by atoms with van der Waals surface area (Å²) in [6.45, 7) is 3.62. The predicted molar refractivity (Wildman–Crippen MR) is 129 cm³/mol. The number of thiophene rings is 1. The second-order valence-electron chi connectivity index (χ2n) is 8.11. The average molecular weight is 496 g/mol. The van der Waals surface area contributed by atoms with Crippen molar-refractivity contribution in [3.05, 3.63) is 56.8 Å². The molecule has 0 amide bonds. The highest BCUT2D eigenvalue weighted by atomic mass is 32.2. The molecular formula is C23H24F3N3O2S2. The molecule has 33 heavy (non-hydrogen) atoms. The highest BCUT2D eigenvalue weighted by Gasteiger charge is 2.32. The first-order valence-electron chi connectivity index (χ1n) is 10.6. The molecule has 0 unspecified atom stereocenters. The fourth-order valence-electron chi connectivity index (χ4n) is 4.01. The van der Waals surface area contributed by atoms with Gasteiger partial charge in [0, 0.05) is 45.3 Å². The Kier molecular flexibility index (Phi) is 6.50. The van der Waals surface area contributed by atoms with E-state index in [1.54, 1.807) is 18.3 Å². The Bertz CT molecular complexity index is 1310. The number of halogens is 3. The van der Waals surface area contributed by atoms with Crippen molar-refractivity contribution in [3.8, 4) is 11.1 Å². The maximum Gasteiger partial charge on any atom is 0.416 e. The SMILES string of the molecule is CCn1cc(-c2ccc(C)c(C(F)(F)F)c2)c2sc(C(N)=NC3CCS(=O)CC3)cc2c1=O. The van der Waals surface area contributed by atoms with Crippen LogP contribution in [-0.4, -0.2) is 32.2 Å². The molecule has 1 fully saturated rings. The van der Waals surface area contributed by atoms with Crippen molar-refractivity contribution in [2.24, 2.45) is 10.7 Å². The summed E-state index contributed by atoms with van der Waals surface area (Å²) in [5, 5.41) is 0.409. The molecule has 5 nitrogen and oxygen atoms in total. The summed E-state index contributed by atoms with van der Waals surface area (Å²) in [6.07, 6.45) is -1.48. The van der Waals surface area contributed by atoms with E-state index in [-0.39, 0.29) is 17.2 Å². The van der Waals surface area contributed by atoms with Crippen LogP contribution in [-0.2, 0) is 23.5 Å². The smallest absolute Gasteiger partial charge is 0.383 e. The number of alkyl halides is 3. The number of pyridine rings is 1. The van der Waals surface area contributed by atoms with Crippen LogP contribution >= 0.6 is 11.3 Å². The van der Waals surface area contributed by atoms with Gasteiger partial charge < -0.3 is 10.3 Å². The summed E-state index contributed by atoms with van der Waals surface area (Å²) in [6, 6.07) is 5.88. The van der Waals surface area contributed by atoms with E-state index < -0.39 is 22.5 Å². The third-order valence-electron chi connectivity index (χ3n) is 5.88. The molecule has 0 radical (unpaired) electrons. The molecular weight excluding hydrogens is 471 g/mol. The van der Waals surface area contributed by atoms with Crippen LogP contribution in [0.1, 0.15) is 35.8 Å². The highest BCUT2D eigenvalue weighted by molar-refractivity contribution is 7.85. The number of hydrogen-bond acceptors (Lipinski definition) is 4. The van der Waals surface area contributed by atoms with Gasteiger partial charge in [0.15, 0.2) is 0 Å². The number of aryl methyl sites for hydroxylation is 2. The molecule has 1 aliphatic heterocycles. The second-order valence-corrected chi connectivity index (χ2v) is 10.9. The van der Waals surface area contributed by atoms with Crippen LogP contribution in [0, 0.1) is 6.92 Å². The lowest BCUT2D eigenvalue weighted by Gasteiger charge is -2.17. The first-order chi connectivity index (χ1) is 15.6. The lowest BCUT2D eigenvalue weighted by atomic mass is 10.00. The van der Waals surface area contributed by atoms with E-state index in [9.17, 15) is 22.2 Å². The summed E-state index contributed by atoms with van der Waals surface area (Å²) < 4.78 is 54.2. The number of amidine groups is 1. The van der Waals surface area contributed by atoms with Gasteiger partial charge >= 0.3 is 6.18 Å². The Morgan fingerprint density at radius 1 is 1.27 bits per heavy atom. The lowest BCUT2D eigenvalue weighted by molar-refractivity contribution is -0.138. The van der Waals surface area contributed by atoms with Crippen LogP contribution in [0.5, 0.6) is 0 Å². The van der Waals surface area contributed by atoms with Gasteiger partial charge in [-0.15, -0.1) is 11.3 Å². The molecule has 0 bridgehead atoms. The third-order valence-corrected chi connectivity index (χ3v) is 8.45. The van der Waals surface area contributed by atoms with Gasteiger partial charge in [-0.2, -0.15) is 13.2 Å². The minimum absolute atomic E-state index is 0.0221. The van der Waals surface area contributed by atoms with Crippen LogP contribution in [0.25, 0.3) is 21.2 Å². The molecule has 1 saturated heterocycles. The van der Waals surface area contributed by atoms with Crippen LogP contribution in [0.2, 0.25) is 0 Å². The molecule has 0 saturated carbocycles. The standard InChI is InChI=1S/C23H24F3N3O2S2/c1-3-29-12-17(14-5-4-13(2)18(10-14)23(24,25)26)20-16(22(29)30)11-19(32-20)21(27)28-15-6-8-33(31)9-7-15/h4-5,10-12,15H,3,6-9H2,1-2H3,(H2,27,28). The van der Waals surface area contributed by atoms with Crippen molar-refractivity contribution in [3.63, 3.8) is 0 Å². The number of aliphatic imine (C=N–C) groups is 1. The monoisotopic (exact) mass is 495 g/mol. The number of aromatic nitrogens is 1. The molecule has 0 aliphatic carbocycles. The predicted octanol–water partition coefficient (Wildman–Crippen LogP) is 4.69. The van der Waals surface area contributed by atoms with Gasteiger partial charge in [0.05, 0.1) is 21.9 Å². The number of nitrogens with two attached hydrogens (primary N) is 1. The van der Waals surface area contributed by atoms with E-state index in [2.05, 4.69) is 4.99 Å². The summed E-state index contributed by atoms with van der Waals surface area (Å²) in [7, 11) is -0.806. The minimum Gasteiger partial charge on any atom is -0.383 e. The molecule has 3 aromatic rings. The quantitative estimate of drug-likeness (QED) is 0.421. The van der Waals surface area contributed by atoms with Crippen LogP contribution in [0.3, 0.4) is 0 Å². The van der Waals surface area contributed by atoms with Crippen LogP contribution in [0.4, 0.5) is 13.2 Å². The van der Waals surface area contributed by atoms with Gasteiger partial charge in [0.1, 0.15) is 5.84 Å². The Hall–Kier alpha value is -2.46. The largest absolute Gasteiger partial charge is 0.416 e. The zero-order chi connectivity index (χ0) is 23.9. The van der Waals surface area contributed by atoms with Gasteiger partial charge in [-0.25, -0.2) is 0 Å². The Balaban J connectivity index is 1.85. The zero-order valence-corrected chi connectivity index (χ0v) is 19.9. The molecule has 3 heterocycles. The Morgan fingerprint density at radius 3 is 2.61 bits per heavy atom. The molecule has 4 rings (SSSR count). The normalized spacial score (nSPS) is 19.8. The average Bonchev–Trinajstić information content (AvgIpc) is 3.22. The molecule has 1 aromatic carbocycles. The van der Waals surface area contributed by atoms with Crippen molar-refractivity contribution >= 4 is 38.1 Å². The van der Waals surface area contributed by atoms with Crippen molar-refractivity contribution in [2.75, 3.05) is 11.5 Å². The molecule has 2 N–H and O–H groups in total. The van der Waals surface area contributed by atoms with E-state index >= 15 is 0 Å². The Labute approximate surface area is 195 Å². The molecule has 2 aromatic heterocycles. The van der Waals surface area contributed by atoms with Gasteiger partial charge in [0.25, 0.3) is 5.56 Å². The topological polar surface area (TPSA) is 77.5 Å². The fraction of sp³-hybridized carbons (Fsp3) is 0.391. The lowest BCUT2D eigenvalue weighted by Crippen LogP contribution is -2.24. The third kappa shape index (κ3) is 4.77.